The van der Waals surface area contributed by atoms with Gasteiger partial charge in [0.25, 0.3) is 0 Å². The lowest BCUT2D eigenvalue weighted by molar-refractivity contribution is -0.141. The highest BCUT2D eigenvalue weighted by Gasteiger charge is 2.45. The van der Waals surface area contributed by atoms with Crippen molar-refractivity contribution >= 4 is 45.6 Å². The molecule has 0 aromatic carbocycles. The van der Waals surface area contributed by atoms with Crippen LogP contribution >= 0.6 is 0 Å². The second kappa shape index (κ2) is 11.1. The van der Waals surface area contributed by atoms with Gasteiger partial charge in [0.05, 0.1) is 23.8 Å². The molecule has 3 N–H and O–H groups in total. The van der Waals surface area contributed by atoms with Crippen LogP contribution in [0.1, 0.15) is 137 Å². The molecule has 6 rings (SSSR count). The molecule has 1 unspecified atom stereocenters. The topological polar surface area (TPSA) is 155 Å². The summed E-state index contributed by atoms with van der Waals surface area (Å²) in [6.07, 6.45) is 0.999. The second-order valence-corrected chi connectivity index (χ2v) is 12.6. The molecule has 3 aromatic heterocycles. The van der Waals surface area contributed by atoms with Crippen LogP contribution in [-0.2, 0) is 14.3 Å². The minimum atomic E-state index is -1.22. The van der Waals surface area contributed by atoms with Gasteiger partial charge in [0, 0.05) is 74.9 Å². The normalized spacial score (nSPS) is 22.1. The Kier molecular flexibility index (Phi) is 7.49. The fourth-order valence-electron chi connectivity index (χ4n) is 7.61. The van der Waals surface area contributed by atoms with E-state index in [0.29, 0.717) is 50.2 Å². The number of nitrogens with zero attached hydrogens (tertiary/aromatic N) is 2. The number of Topliss-reactive ketones (excluding diaryl/α,β-unsaturated/α-hetero) is 2. The molecule has 45 heavy (non-hydrogen) atoms. The van der Waals surface area contributed by atoms with E-state index >= 15 is 0 Å². The zero-order chi connectivity index (χ0) is 32.5. The quantitative estimate of drug-likeness (QED) is 0.159. The summed E-state index contributed by atoms with van der Waals surface area (Å²) < 4.78 is 5.13. The van der Waals surface area contributed by atoms with Crippen molar-refractivity contribution in [1.29, 1.82) is 0 Å². The Bertz CT molecular complexity index is 1970. The molecule has 3 aromatic rings. The van der Waals surface area contributed by atoms with Crippen LogP contribution in [0, 0.1) is 13.8 Å². The molecular weight excluding hydrogens is 572 g/mol. The van der Waals surface area contributed by atoms with E-state index in [2.05, 4.69) is 23.8 Å². The summed E-state index contributed by atoms with van der Waals surface area (Å²) >= 11 is 0. The number of nitrogens with one attached hydrogen (secondary N) is 2. The number of hydrogen-bond donors (Lipinski definition) is 3. The summed E-state index contributed by atoms with van der Waals surface area (Å²) in [5.41, 5.74) is 8.46. The third-order valence-corrected chi connectivity index (χ3v) is 10.1. The number of methoxy groups -OCH3 is 1. The number of aromatic amines is 2. The van der Waals surface area contributed by atoms with E-state index in [1.165, 1.54) is 7.11 Å². The average Bonchev–Trinajstić information content (AvgIpc) is 3.72. The van der Waals surface area contributed by atoms with Crippen LogP contribution in [0.15, 0.2) is 18.2 Å². The van der Waals surface area contributed by atoms with E-state index < -0.39 is 17.9 Å². The Morgan fingerprint density at radius 3 is 2.18 bits per heavy atom. The summed E-state index contributed by atoms with van der Waals surface area (Å²) in [5, 5.41) is 9.60. The number of aryl methyl sites for hydroxylation is 2. The van der Waals surface area contributed by atoms with Crippen LogP contribution in [0.4, 0.5) is 0 Å². The molecular formula is C35H38N4O6. The lowest BCUT2D eigenvalue weighted by atomic mass is 9.84. The number of aromatic nitrogens is 4. The SMILES string of the molecule is CC[C@H]1c2cc3[nH]c4c(c3C)C(=O)C(C(=O)OC)c4c3nc(cc4[nH]c(cc(n2)[C@@H]1C)c(C(C)=O)c4C)[C@@H](C)[C@@H]3CCC(=O)O. The summed E-state index contributed by atoms with van der Waals surface area (Å²) in [6.45, 7) is 11.5. The van der Waals surface area contributed by atoms with Crippen LogP contribution in [0.2, 0.25) is 0 Å². The van der Waals surface area contributed by atoms with Gasteiger partial charge in [-0.05, 0) is 62.9 Å². The Morgan fingerprint density at radius 2 is 1.53 bits per heavy atom. The standard InChI is InChI=1S/C35H38N4O6/c1-8-19-14(2)21-13-26-28(18(6)40)16(4)23(37-26)11-22-15(3)20(9-10-27(41)42)32(38-22)30-31(35(44)45-7)34(43)29-17(5)24(39-33(29)30)12-25(19)36-21/h11-15,19-20,31,37,39H,8-10H2,1-7H3,(H,41,42)/t14-,15+,19-,20+,31?/m1/s1. The predicted octanol–water partition coefficient (Wildman–Crippen LogP) is 6.64. The third-order valence-electron chi connectivity index (χ3n) is 10.1. The van der Waals surface area contributed by atoms with Crippen LogP contribution in [0.25, 0.3) is 22.1 Å². The molecule has 2 aliphatic heterocycles. The summed E-state index contributed by atoms with van der Waals surface area (Å²) in [6, 6.07) is 5.84. The molecule has 10 nitrogen and oxygen atoms in total. The first-order valence-electron chi connectivity index (χ1n) is 15.5. The molecule has 5 atom stereocenters. The van der Waals surface area contributed by atoms with Crippen molar-refractivity contribution in [2.75, 3.05) is 7.11 Å². The van der Waals surface area contributed by atoms with Crippen molar-refractivity contribution in [2.24, 2.45) is 0 Å². The van der Waals surface area contributed by atoms with E-state index in [4.69, 9.17) is 14.7 Å². The maximum Gasteiger partial charge on any atom is 0.321 e. The van der Waals surface area contributed by atoms with Gasteiger partial charge in [0.2, 0.25) is 0 Å². The minimum absolute atomic E-state index is 0.0719. The van der Waals surface area contributed by atoms with Crippen LogP contribution in [-0.4, -0.2) is 55.7 Å². The van der Waals surface area contributed by atoms with Gasteiger partial charge in [-0.3, -0.25) is 29.1 Å². The first kappa shape index (κ1) is 30.4. The van der Waals surface area contributed by atoms with Crippen LogP contribution in [0.5, 0.6) is 0 Å². The molecule has 0 fully saturated rings. The van der Waals surface area contributed by atoms with Crippen molar-refractivity contribution in [2.45, 2.75) is 90.4 Å². The molecule has 0 spiro atoms. The van der Waals surface area contributed by atoms with Crippen LogP contribution in [0.3, 0.4) is 0 Å². The highest BCUT2D eigenvalue weighted by molar-refractivity contribution is 6.23. The maximum atomic E-state index is 14.0. The van der Waals surface area contributed by atoms with Gasteiger partial charge in [-0.1, -0.05) is 20.8 Å². The van der Waals surface area contributed by atoms with Crippen molar-refractivity contribution in [3.63, 3.8) is 0 Å². The lowest BCUT2D eigenvalue weighted by Crippen LogP contribution is -2.21. The monoisotopic (exact) mass is 610 g/mol. The predicted molar refractivity (Wildman–Crippen MR) is 169 cm³/mol. The molecule has 234 valence electrons. The summed E-state index contributed by atoms with van der Waals surface area (Å²) in [7, 11) is 1.25. The number of hydrogen-bond acceptors (Lipinski definition) is 7. The molecule has 5 heterocycles. The first-order chi connectivity index (χ1) is 21.4. The number of ether oxygens (including phenoxy) is 1. The number of carbonyl (C=O) groups is 4. The Labute approximate surface area is 260 Å². The summed E-state index contributed by atoms with van der Waals surface area (Å²) in [4.78, 5) is 68.9. The van der Waals surface area contributed by atoms with E-state index in [1.54, 1.807) is 6.92 Å². The zero-order valence-electron chi connectivity index (χ0n) is 26.6. The molecule has 10 heteroatoms. The van der Waals surface area contributed by atoms with E-state index in [1.807, 2.05) is 39.0 Å². The Balaban J connectivity index is 1.81. The number of rotatable bonds is 6. The Hall–Kier alpha value is -4.60. The zero-order valence-corrected chi connectivity index (χ0v) is 26.6. The number of aliphatic carboxylic acids is 1. The van der Waals surface area contributed by atoms with Crippen molar-refractivity contribution in [1.82, 2.24) is 19.9 Å². The average molecular weight is 611 g/mol. The van der Waals surface area contributed by atoms with Crippen LogP contribution < -0.4 is 0 Å². The van der Waals surface area contributed by atoms with Gasteiger partial charge in [0.1, 0.15) is 5.92 Å². The van der Waals surface area contributed by atoms with E-state index in [-0.39, 0.29) is 48.1 Å². The van der Waals surface area contributed by atoms with E-state index in [0.717, 1.165) is 28.9 Å². The Morgan fingerprint density at radius 1 is 0.911 bits per heavy atom. The molecule has 0 amide bonds. The van der Waals surface area contributed by atoms with Gasteiger partial charge in [-0.25, -0.2) is 0 Å². The first-order valence-corrected chi connectivity index (χ1v) is 15.5. The molecule has 0 saturated heterocycles. The fraction of sp³-hybridized carbons (Fsp3) is 0.429. The molecule has 1 aliphatic carbocycles. The molecule has 0 radical (unpaired) electrons. The van der Waals surface area contributed by atoms with Gasteiger partial charge < -0.3 is 19.8 Å². The van der Waals surface area contributed by atoms with E-state index in [9.17, 15) is 24.3 Å². The lowest BCUT2D eigenvalue weighted by Gasteiger charge is -2.18. The van der Waals surface area contributed by atoms with Gasteiger partial charge >= 0.3 is 11.9 Å². The third kappa shape index (κ3) is 4.69. The highest BCUT2D eigenvalue weighted by atomic mass is 16.5. The summed E-state index contributed by atoms with van der Waals surface area (Å²) in [5.74, 6) is -3.69. The van der Waals surface area contributed by atoms with Gasteiger partial charge in [-0.2, -0.15) is 0 Å². The smallest absolute Gasteiger partial charge is 0.321 e. The van der Waals surface area contributed by atoms with Crippen molar-refractivity contribution < 1.29 is 29.0 Å². The van der Waals surface area contributed by atoms with Gasteiger partial charge in [-0.15, -0.1) is 0 Å². The second-order valence-electron chi connectivity index (χ2n) is 12.6. The number of carboxylic acids is 1. The van der Waals surface area contributed by atoms with Crippen molar-refractivity contribution in [3.8, 4) is 0 Å². The maximum absolute atomic E-state index is 14.0. The molecule has 8 bridgehead atoms. The molecule has 0 saturated carbocycles. The number of fused-ring (bicyclic) bond motifs is 8. The number of carboxylic acid groups (broad SMARTS) is 1. The number of carbonyl (C=O) groups excluding carboxylic acids is 3. The number of esters is 1. The van der Waals surface area contributed by atoms with Crippen molar-refractivity contribution in [3.05, 3.63) is 68.8 Å². The highest BCUT2D eigenvalue weighted by Crippen LogP contribution is 2.48. The van der Waals surface area contributed by atoms with Gasteiger partial charge in [0.15, 0.2) is 11.6 Å². The molecule has 3 aliphatic rings. The fourth-order valence-corrected chi connectivity index (χ4v) is 7.61. The largest absolute Gasteiger partial charge is 0.481 e. The number of H-pyrrole nitrogens is 2. The minimum Gasteiger partial charge on any atom is -0.481 e. The number of ketones is 2.